The van der Waals surface area contributed by atoms with Gasteiger partial charge in [-0.1, -0.05) is 30.3 Å². The Kier molecular flexibility index (Phi) is 3.31. The van der Waals surface area contributed by atoms with Crippen molar-refractivity contribution in [1.29, 1.82) is 5.26 Å². The summed E-state index contributed by atoms with van der Waals surface area (Å²) < 4.78 is 29.0. The second-order valence-electron chi connectivity index (χ2n) is 3.46. The summed E-state index contributed by atoms with van der Waals surface area (Å²) in [6.07, 6.45) is 0. The second-order valence-corrected chi connectivity index (χ2v) is 4.97. The summed E-state index contributed by atoms with van der Waals surface area (Å²) in [4.78, 5) is -0.128. The zero-order valence-electron chi connectivity index (χ0n) is 9.28. The van der Waals surface area contributed by atoms with E-state index in [-0.39, 0.29) is 16.2 Å². The van der Waals surface area contributed by atoms with Gasteiger partial charge in [0.2, 0.25) is 0 Å². The first kappa shape index (κ1) is 12.1. The molecule has 2 rings (SSSR count). The van der Waals surface area contributed by atoms with Gasteiger partial charge in [0.05, 0.1) is 5.56 Å². The number of benzene rings is 2. The Bertz CT molecular complexity index is 688. The van der Waals surface area contributed by atoms with Crippen LogP contribution in [-0.2, 0) is 10.1 Å². The van der Waals surface area contributed by atoms with Crippen LogP contribution >= 0.6 is 0 Å². The van der Waals surface area contributed by atoms with Crippen LogP contribution in [0.3, 0.4) is 0 Å². The second kappa shape index (κ2) is 4.90. The summed E-state index contributed by atoms with van der Waals surface area (Å²) in [6.45, 7) is 0. The standard InChI is InChI=1S/C13H9NO3S/c14-10-11-6-4-5-9-13(11)18(15,16)17-12-7-2-1-3-8-12/h1-9H. The first-order valence-electron chi connectivity index (χ1n) is 5.12. The molecule has 0 bridgehead atoms. The highest BCUT2D eigenvalue weighted by atomic mass is 32.2. The van der Waals surface area contributed by atoms with Crippen LogP contribution in [-0.4, -0.2) is 8.42 Å². The highest BCUT2D eigenvalue weighted by molar-refractivity contribution is 7.87. The maximum atomic E-state index is 12.0. The number of hydrogen-bond acceptors (Lipinski definition) is 4. The van der Waals surface area contributed by atoms with E-state index >= 15 is 0 Å². The van der Waals surface area contributed by atoms with Crippen molar-refractivity contribution in [2.24, 2.45) is 0 Å². The van der Waals surface area contributed by atoms with Crippen LogP contribution < -0.4 is 4.18 Å². The van der Waals surface area contributed by atoms with Crippen LogP contribution in [0.5, 0.6) is 5.75 Å². The zero-order valence-corrected chi connectivity index (χ0v) is 10.1. The summed E-state index contributed by atoms with van der Waals surface area (Å²) in [7, 11) is -3.98. The number of hydrogen-bond donors (Lipinski definition) is 0. The van der Waals surface area contributed by atoms with Crippen LogP contribution in [0.25, 0.3) is 0 Å². The van der Waals surface area contributed by atoms with E-state index in [1.54, 1.807) is 30.3 Å². The molecule has 0 aliphatic carbocycles. The minimum Gasteiger partial charge on any atom is -0.379 e. The number of para-hydroxylation sites is 1. The molecule has 2 aromatic carbocycles. The minimum absolute atomic E-state index is 0.0634. The molecule has 5 heteroatoms. The molecule has 0 radical (unpaired) electrons. The van der Waals surface area contributed by atoms with Gasteiger partial charge in [-0.2, -0.15) is 13.7 Å². The number of nitriles is 1. The molecule has 0 heterocycles. The number of rotatable bonds is 3. The van der Waals surface area contributed by atoms with E-state index in [4.69, 9.17) is 9.44 Å². The van der Waals surface area contributed by atoms with Gasteiger partial charge in [0.15, 0.2) is 0 Å². The van der Waals surface area contributed by atoms with Crippen molar-refractivity contribution < 1.29 is 12.6 Å². The first-order chi connectivity index (χ1) is 8.63. The van der Waals surface area contributed by atoms with Crippen LogP contribution in [0.2, 0.25) is 0 Å². The molecule has 0 atom stereocenters. The van der Waals surface area contributed by atoms with Crippen LogP contribution in [0.4, 0.5) is 0 Å². The average molecular weight is 259 g/mol. The van der Waals surface area contributed by atoms with Gasteiger partial charge in [0, 0.05) is 0 Å². The lowest BCUT2D eigenvalue weighted by Gasteiger charge is -2.07. The fourth-order valence-electron chi connectivity index (χ4n) is 1.42. The maximum Gasteiger partial charge on any atom is 0.340 e. The smallest absolute Gasteiger partial charge is 0.340 e. The Balaban J connectivity index is 2.41. The average Bonchev–Trinajstić information content (AvgIpc) is 2.39. The number of nitrogens with zero attached hydrogens (tertiary/aromatic N) is 1. The van der Waals surface area contributed by atoms with E-state index in [1.165, 1.54) is 24.3 Å². The Morgan fingerprint density at radius 3 is 2.22 bits per heavy atom. The van der Waals surface area contributed by atoms with Gasteiger partial charge in [-0.3, -0.25) is 0 Å². The van der Waals surface area contributed by atoms with Crippen molar-refractivity contribution in [3.05, 3.63) is 60.2 Å². The molecular weight excluding hydrogens is 250 g/mol. The molecule has 0 N–H and O–H groups in total. The van der Waals surface area contributed by atoms with Crippen LogP contribution in [0.1, 0.15) is 5.56 Å². The Morgan fingerprint density at radius 2 is 1.56 bits per heavy atom. The topological polar surface area (TPSA) is 67.2 Å². The van der Waals surface area contributed by atoms with Crippen LogP contribution in [0, 0.1) is 11.3 Å². The Morgan fingerprint density at radius 1 is 0.944 bits per heavy atom. The van der Waals surface area contributed by atoms with E-state index < -0.39 is 10.1 Å². The molecule has 0 fully saturated rings. The van der Waals surface area contributed by atoms with E-state index in [2.05, 4.69) is 0 Å². The quantitative estimate of drug-likeness (QED) is 0.793. The molecule has 90 valence electrons. The van der Waals surface area contributed by atoms with E-state index in [1.807, 2.05) is 6.07 Å². The van der Waals surface area contributed by atoms with Crippen molar-refractivity contribution in [3.63, 3.8) is 0 Å². The molecule has 0 aliphatic heterocycles. The van der Waals surface area contributed by atoms with Gasteiger partial charge in [-0.25, -0.2) is 0 Å². The fourth-order valence-corrected chi connectivity index (χ4v) is 2.51. The fraction of sp³-hybridized carbons (Fsp3) is 0. The van der Waals surface area contributed by atoms with Gasteiger partial charge in [-0.15, -0.1) is 0 Å². The highest BCUT2D eigenvalue weighted by Crippen LogP contribution is 2.20. The summed E-state index contributed by atoms with van der Waals surface area (Å²) >= 11 is 0. The van der Waals surface area contributed by atoms with E-state index in [0.717, 1.165) is 0 Å². The summed E-state index contributed by atoms with van der Waals surface area (Å²) in [5, 5.41) is 8.88. The van der Waals surface area contributed by atoms with Gasteiger partial charge in [0.25, 0.3) is 0 Å². The summed E-state index contributed by atoms with van der Waals surface area (Å²) in [5.74, 6) is 0.213. The third-order valence-electron chi connectivity index (χ3n) is 2.23. The molecule has 4 nitrogen and oxygen atoms in total. The van der Waals surface area contributed by atoms with Crippen molar-refractivity contribution in [3.8, 4) is 11.8 Å². The van der Waals surface area contributed by atoms with Crippen molar-refractivity contribution in [1.82, 2.24) is 0 Å². The highest BCUT2D eigenvalue weighted by Gasteiger charge is 2.20. The maximum absolute atomic E-state index is 12.0. The molecule has 0 saturated carbocycles. The van der Waals surface area contributed by atoms with Crippen molar-refractivity contribution >= 4 is 10.1 Å². The van der Waals surface area contributed by atoms with Gasteiger partial charge < -0.3 is 4.18 Å². The largest absolute Gasteiger partial charge is 0.379 e. The molecule has 0 aliphatic rings. The SMILES string of the molecule is N#Cc1ccccc1S(=O)(=O)Oc1ccccc1. The Labute approximate surface area is 105 Å². The minimum atomic E-state index is -3.98. The molecule has 2 aromatic rings. The predicted octanol–water partition coefficient (Wildman–Crippen LogP) is 2.33. The van der Waals surface area contributed by atoms with E-state index in [9.17, 15) is 8.42 Å². The van der Waals surface area contributed by atoms with Gasteiger partial charge >= 0.3 is 10.1 Å². The molecule has 0 spiro atoms. The molecule has 0 saturated heterocycles. The summed E-state index contributed by atoms with van der Waals surface area (Å²) in [6, 6.07) is 15.9. The van der Waals surface area contributed by atoms with E-state index in [0.29, 0.717) is 0 Å². The Hall–Kier alpha value is -2.32. The summed E-state index contributed by atoms with van der Waals surface area (Å²) in [5.41, 5.74) is 0.0634. The third kappa shape index (κ3) is 2.50. The monoisotopic (exact) mass is 259 g/mol. The molecular formula is C13H9NO3S. The van der Waals surface area contributed by atoms with Crippen molar-refractivity contribution in [2.75, 3.05) is 0 Å². The lowest BCUT2D eigenvalue weighted by Crippen LogP contribution is -2.11. The molecule has 0 unspecified atom stereocenters. The lowest BCUT2D eigenvalue weighted by molar-refractivity contribution is 0.486. The van der Waals surface area contributed by atoms with Gasteiger partial charge in [0.1, 0.15) is 16.7 Å². The normalized spacial score (nSPS) is 10.6. The molecule has 0 aromatic heterocycles. The zero-order chi connectivity index (χ0) is 13.0. The van der Waals surface area contributed by atoms with Crippen LogP contribution in [0.15, 0.2) is 59.5 Å². The van der Waals surface area contributed by atoms with Gasteiger partial charge in [-0.05, 0) is 24.3 Å². The first-order valence-corrected chi connectivity index (χ1v) is 6.53. The predicted molar refractivity (Wildman–Crippen MR) is 65.4 cm³/mol. The molecule has 0 amide bonds. The molecule has 18 heavy (non-hydrogen) atoms. The third-order valence-corrected chi connectivity index (χ3v) is 3.53. The lowest BCUT2D eigenvalue weighted by atomic mass is 10.2. The van der Waals surface area contributed by atoms with Crippen molar-refractivity contribution in [2.45, 2.75) is 4.90 Å².